The first-order valence-corrected chi connectivity index (χ1v) is 7.86. The summed E-state index contributed by atoms with van der Waals surface area (Å²) in [7, 11) is -3.73. The molecule has 1 aromatic carbocycles. The van der Waals surface area contributed by atoms with E-state index >= 15 is 0 Å². The van der Waals surface area contributed by atoms with Gasteiger partial charge >= 0.3 is 0 Å². The number of benzene rings is 1. The lowest BCUT2D eigenvalue weighted by Crippen LogP contribution is -2.52. The molecule has 0 aromatic heterocycles. The SMILES string of the molecule is CCNC(C)(C)C(=O)NCc1cccc(S(N)(=O)=O)c1. The van der Waals surface area contributed by atoms with Crippen LogP contribution < -0.4 is 15.8 Å². The number of nitrogens with one attached hydrogen (secondary N) is 2. The molecule has 0 spiro atoms. The molecule has 1 aromatic rings. The highest BCUT2D eigenvalue weighted by Gasteiger charge is 2.25. The monoisotopic (exact) mass is 299 g/mol. The van der Waals surface area contributed by atoms with Gasteiger partial charge in [0.2, 0.25) is 15.9 Å². The van der Waals surface area contributed by atoms with Crippen molar-refractivity contribution in [2.75, 3.05) is 6.54 Å². The minimum absolute atomic E-state index is 0.0372. The predicted octanol–water partition coefficient (Wildman–Crippen LogP) is 0.338. The Morgan fingerprint density at radius 3 is 2.55 bits per heavy atom. The topological polar surface area (TPSA) is 101 Å². The molecule has 112 valence electrons. The van der Waals surface area contributed by atoms with Crippen LogP contribution in [0, 0.1) is 0 Å². The average Bonchev–Trinajstić information content (AvgIpc) is 2.35. The van der Waals surface area contributed by atoms with Crippen LogP contribution in [0.2, 0.25) is 0 Å². The van der Waals surface area contributed by atoms with E-state index in [1.165, 1.54) is 12.1 Å². The highest BCUT2D eigenvalue weighted by atomic mass is 32.2. The van der Waals surface area contributed by atoms with Crippen LogP contribution in [-0.2, 0) is 21.4 Å². The molecular weight excluding hydrogens is 278 g/mol. The molecule has 0 atom stereocenters. The predicted molar refractivity (Wildman–Crippen MR) is 77.4 cm³/mol. The molecule has 20 heavy (non-hydrogen) atoms. The third kappa shape index (κ3) is 4.59. The van der Waals surface area contributed by atoms with Crippen LogP contribution in [-0.4, -0.2) is 26.4 Å². The Kier molecular flexibility index (Phi) is 5.27. The fraction of sp³-hybridized carbons (Fsp3) is 0.462. The molecule has 0 aliphatic carbocycles. The van der Waals surface area contributed by atoms with Gasteiger partial charge in [0.15, 0.2) is 0 Å². The molecule has 7 heteroatoms. The maximum atomic E-state index is 12.0. The van der Waals surface area contributed by atoms with Gasteiger partial charge in [0, 0.05) is 6.54 Å². The van der Waals surface area contributed by atoms with Crippen molar-refractivity contribution in [2.45, 2.75) is 37.8 Å². The summed E-state index contributed by atoms with van der Waals surface area (Å²) >= 11 is 0. The van der Waals surface area contributed by atoms with Crippen molar-refractivity contribution >= 4 is 15.9 Å². The van der Waals surface area contributed by atoms with E-state index in [2.05, 4.69) is 10.6 Å². The summed E-state index contributed by atoms with van der Waals surface area (Å²) in [6.45, 7) is 6.42. The van der Waals surface area contributed by atoms with Gasteiger partial charge in [-0.1, -0.05) is 19.1 Å². The average molecular weight is 299 g/mol. The standard InChI is InChI=1S/C13H21N3O3S/c1-4-16-13(2,3)12(17)15-9-10-6-5-7-11(8-10)20(14,18)19/h5-8,16H,4,9H2,1-3H3,(H,15,17)(H2,14,18,19). The Bertz CT molecular complexity index is 582. The van der Waals surface area contributed by atoms with Crippen molar-refractivity contribution in [3.05, 3.63) is 29.8 Å². The lowest BCUT2D eigenvalue weighted by atomic mass is 10.0. The molecule has 0 heterocycles. The summed E-state index contributed by atoms with van der Waals surface area (Å²) < 4.78 is 22.5. The third-order valence-electron chi connectivity index (χ3n) is 2.87. The fourth-order valence-corrected chi connectivity index (χ4v) is 2.34. The molecular formula is C13H21N3O3S. The molecule has 1 rings (SSSR count). The van der Waals surface area contributed by atoms with E-state index in [4.69, 9.17) is 5.14 Å². The Morgan fingerprint density at radius 1 is 1.35 bits per heavy atom. The number of carbonyl (C=O) groups is 1. The highest BCUT2D eigenvalue weighted by Crippen LogP contribution is 2.10. The van der Waals surface area contributed by atoms with Gasteiger partial charge in [-0.2, -0.15) is 0 Å². The van der Waals surface area contributed by atoms with Gasteiger partial charge in [0.05, 0.1) is 10.4 Å². The number of carbonyl (C=O) groups excluding carboxylic acids is 1. The van der Waals surface area contributed by atoms with Crippen molar-refractivity contribution in [1.29, 1.82) is 0 Å². The number of hydrogen-bond donors (Lipinski definition) is 3. The number of likely N-dealkylation sites (N-methyl/N-ethyl adjacent to an activating group) is 1. The lowest BCUT2D eigenvalue weighted by molar-refractivity contribution is -0.126. The summed E-state index contributed by atoms with van der Waals surface area (Å²) in [5, 5.41) is 10.9. The van der Waals surface area contributed by atoms with E-state index in [1.54, 1.807) is 26.0 Å². The van der Waals surface area contributed by atoms with Gasteiger partial charge in [-0.3, -0.25) is 4.79 Å². The number of rotatable bonds is 6. The van der Waals surface area contributed by atoms with E-state index in [-0.39, 0.29) is 17.3 Å². The lowest BCUT2D eigenvalue weighted by Gasteiger charge is -2.24. The van der Waals surface area contributed by atoms with Gasteiger partial charge in [-0.05, 0) is 38.1 Å². The van der Waals surface area contributed by atoms with Crippen molar-refractivity contribution in [2.24, 2.45) is 5.14 Å². The summed E-state index contributed by atoms with van der Waals surface area (Å²) in [5.41, 5.74) is 0.00364. The van der Waals surface area contributed by atoms with Crippen molar-refractivity contribution < 1.29 is 13.2 Å². The van der Waals surface area contributed by atoms with Crippen LogP contribution in [0.3, 0.4) is 0 Å². The molecule has 0 saturated heterocycles. The van der Waals surface area contributed by atoms with Crippen LogP contribution in [0.4, 0.5) is 0 Å². The Balaban J connectivity index is 2.74. The number of hydrogen-bond acceptors (Lipinski definition) is 4. The maximum absolute atomic E-state index is 12.0. The molecule has 6 nitrogen and oxygen atoms in total. The molecule has 0 bridgehead atoms. The normalized spacial score (nSPS) is 12.2. The van der Waals surface area contributed by atoms with E-state index in [1.807, 2.05) is 6.92 Å². The first kappa shape index (κ1) is 16.6. The van der Waals surface area contributed by atoms with Gasteiger partial charge in [-0.25, -0.2) is 13.6 Å². The molecule has 1 amide bonds. The van der Waals surface area contributed by atoms with Crippen LogP contribution >= 0.6 is 0 Å². The molecule has 0 aliphatic heterocycles. The second kappa shape index (κ2) is 6.34. The number of primary sulfonamides is 1. The van der Waals surface area contributed by atoms with E-state index in [9.17, 15) is 13.2 Å². The smallest absolute Gasteiger partial charge is 0.239 e. The quantitative estimate of drug-likeness (QED) is 0.705. The molecule has 0 radical (unpaired) electrons. The minimum Gasteiger partial charge on any atom is -0.350 e. The van der Waals surface area contributed by atoms with E-state index in [0.29, 0.717) is 12.1 Å². The molecule has 0 unspecified atom stereocenters. The Labute approximate surface area is 119 Å². The van der Waals surface area contributed by atoms with Crippen LogP contribution in [0.25, 0.3) is 0 Å². The summed E-state index contributed by atoms with van der Waals surface area (Å²) in [4.78, 5) is 12.0. The summed E-state index contributed by atoms with van der Waals surface area (Å²) in [6, 6.07) is 6.20. The number of nitrogens with two attached hydrogens (primary N) is 1. The van der Waals surface area contributed by atoms with Crippen LogP contribution in [0.5, 0.6) is 0 Å². The van der Waals surface area contributed by atoms with Gasteiger partial charge in [0.25, 0.3) is 0 Å². The van der Waals surface area contributed by atoms with Crippen molar-refractivity contribution in [3.8, 4) is 0 Å². The van der Waals surface area contributed by atoms with E-state index < -0.39 is 15.6 Å². The van der Waals surface area contributed by atoms with Crippen molar-refractivity contribution in [3.63, 3.8) is 0 Å². The van der Waals surface area contributed by atoms with Crippen LogP contribution in [0.15, 0.2) is 29.2 Å². The second-order valence-electron chi connectivity index (χ2n) is 5.03. The highest BCUT2D eigenvalue weighted by molar-refractivity contribution is 7.89. The van der Waals surface area contributed by atoms with Crippen molar-refractivity contribution in [1.82, 2.24) is 10.6 Å². The zero-order valence-corrected chi connectivity index (χ0v) is 12.8. The Hall–Kier alpha value is -1.44. The largest absolute Gasteiger partial charge is 0.350 e. The zero-order chi connectivity index (χ0) is 15.4. The fourth-order valence-electron chi connectivity index (χ4n) is 1.76. The van der Waals surface area contributed by atoms with Gasteiger partial charge < -0.3 is 10.6 Å². The number of amides is 1. The first-order valence-electron chi connectivity index (χ1n) is 6.32. The maximum Gasteiger partial charge on any atom is 0.239 e. The van der Waals surface area contributed by atoms with Crippen LogP contribution in [0.1, 0.15) is 26.3 Å². The third-order valence-corrected chi connectivity index (χ3v) is 3.78. The van der Waals surface area contributed by atoms with E-state index in [0.717, 1.165) is 0 Å². The first-order chi connectivity index (χ1) is 9.16. The molecule has 0 aliphatic rings. The minimum atomic E-state index is -3.73. The van der Waals surface area contributed by atoms with Gasteiger partial charge in [-0.15, -0.1) is 0 Å². The van der Waals surface area contributed by atoms with Gasteiger partial charge in [0.1, 0.15) is 0 Å². The molecule has 4 N–H and O–H groups in total. The molecule has 0 fully saturated rings. The summed E-state index contributed by atoms with van der Waals surface area (Å²) in [5.74, 6) is -0.152. The second-order valence-corrected chi connectivity index (χ2v) is 6.59. The number of sulfonamides is 1. The molecule has 0 saturated carbocycles. The zero-order valence-electron chi connectivity index (χ0n) is 11.9. The Morgan fingerprint density at radius 2 is 2.00 bits per heavy atom. The summed E-state index contributed by atoms with van der Waals surface area (Å²) in [6.07, 6.45) is 0.